The molecule has 0 saturated carbocycles. The van der Waals surface area contributed by atoms with E-state index in [-0.39, 0.29) is 11.5 Å². The number of para-hydroxylation sites is 1. The summed E-state index contributed by atoms with van der Waals surface area (Å²) >= 11 is 1.19. The lowest BCUT2D eigenvalue weighted by Gasteiger charge is -2.08. The summed E-state index contributed by atoms with van der Waals surface area (Å²) in [6.45, 7) is 4.84. The lowest BCUT2D eigenvalue weighted by Crippen LogP contribution is -2.30. The number of hydrogen-bond donors (Lipinski definition) is 0. The van der Waals surface area contributed by atoms with Crippen LogP contribution in [0.3, 0.4) is 0 Å². The van der Waals surface area contributed by atoms with Gasteiger partial charge in [0.15, 0.2) is 5.82 Å². The van der Waals surface area contributed by atoms with Crippen molar-refractivity contribution in [3.8, 4) is 17.1 Å². The van der Waals surface area contributed by atoms with E-state index in [1.165, 1.54) is 15.9 Å². The van der Waals surface area contributed by atoms with E-state index in [1.807, 2.05) is 48.5 Å². The zero-order valence-electron chi connectivity index (χ0n) is 17.3. The third-order valence-electron chi connectivity index (χ3n) is 5.13. The number of benzene rings is 2. The predicted molar refractivity (Wildman–Crippen MR) is 120 cm³/mol. The molecule has 1 aliphatic rings. The van der Waals surface area contributed by atoms with Crippen LogP contribution >= 0.6 is 11.3 Å². The smallest absolute Gasteiger partial charge is 0.291 e. The molecule has 2 aromatic carbocycles. The molecule has 0 saturated heterocycles. The van der Waals surface area contributed by atoms with Crippen LogP contribution in [0.2, 0.25) is 0 Å². The van der Waals surface area contributed by atoms with E-state index in [0.29, 0.717) is 33.4 Å². The standard InChI is InChI=1S/C23H20N4O3S/c1-13(2)12-30-15-10-8-14(9-11-15)20-24-23-27(25-20)22(29)19(31-23)18-16-6-4-5-7-17(16)26(3)21(18)28/h4-11,13H,12H2,1-3H3/b19-18-. The van der Waals surface area contributed by atoms with Crippen LogP contribution in [-0.4, -0.2) is 34.2 Å². The number of fused-ring (bicyclic) bond motifs is 2. The molecule has 0 N–H and O–H groups in total. The summed E-state index contributed by atoms with van der Waals surface area (Å²) in [5.41, 5.74) is 2.43. The highest BCUT2D eigenvalue weighted by molar-refractivity contribution is 7.15. The molecule has 1 aliphatic heterocycles. The summed E-state index contributed by atoms with van der Waals surface area (Å²) in [5.74, 6) is 1.50. The Morgan fingerprint density at radius 1 is 1.06 bits per heavy atom. The summed E-state index contributed by atoms with van der Waals surface area (Å²) in [4.78, 5) is 32.5. The van der Waals surface area contributed by atoms with Gasteiger partial charge < -0.3 is 9.64 Å². The Bertz CT molecular complexity index is 1420. The number of anilines is 1. The first-order valence-electron chi connectivity index (χ1n) is 9.98. The summed E-state index contributed by atoms with van der Waals surface area (Å²) in [7, 11) is 1.71. The minimum Gasteiger partial charge on any atom is -0.493 e. The number of hydrogen-bond acceptors (Lipinski definition) is 6. The summed E-state index contributed by atoms with van der Waals surface area (Å²) in [6, 6.07) is 15.0. The van der Waals surface area contributed by atoms with Gasteiger partial charge in [0.05, 0.1) is 17.9 Å². The topological polar surface area (TPSA) is 76.8 Å². The van der Waals surface area contributed by atoms with E-state index in [2.05, 4.69) is 23.9 Å². The Morgan fingerprint density at radius 3 is 2.52 bits per heavy atom. The average Bonchev–Trinajstić information content (AvgIpc) is 3.39. The van der Waals surface area contributed by atoms with Gasteiger partial charge in [-0.2, -0.15) is 9.50 Å². The predicted octanol–water partition coefficient (Wildman–Crippen LogP) is 2.75. The molecule has 3 heterocycles. The maximum atomic E-state index is 13.1. The lowest BCUT2D eigenvalue weighted by molar-refractivity contribution is -0.112. The Hall–Kier alpha value is -3.52. The maximum Gasteiger partial charge on any atom is 0.291 e. The summed E-state index contributed by atoms with van der Waals surface area (Å²) in [5, 5.41) is 4.40. The third kappa shape index (κ3) is 3.19. The fourth-order valence-electron chi connectivity index (χ4n) is 3.56. The van der Waals surface area contributed by atoms with Crippen LogP contribution in [-0.2, 0) is 4.79 Å². The molecule has 0 unspecified atom stereocenters. The molecule has 7 nitrogen and oxygen atoms in total. The van der Waals surface area contributed by atoms with Gasteiger partial charge in [0.1, 0.15) is 10.3 Å². The molecule has 8 heteroatoms. The number of carbonyl (C=O) groups excluding carboxylic acids is 1. The van der Waals surface area contributed by atoms with Gasteiger partial charge in [0.2, 0.25) is 4.96 Å². The fourth-order valence-corrected chi connectivity index (χ4v) is 4.56. The van der Waals surface area contributed by atoms with Crippen LogP contribution in [0, 0.1) is 5.92 Å². The van der Waals surface area contributed by atoms with Crippen LogP contribution in [0.15, 0.2) is 53.3 Å². The highest BCUT2D eigenvalue weighted by Crippen LogP contribution is 2.33. The summed E-state index contributed by atoms with van der Waals surface area (Å²) < 4.78 is 7.35. The molecule has 0 fully saturated rings. The minimum atomic E-state index is -0.330. The van der Waals surface area contributed by atoms with Gasteiger partial charge in [-0.05, 0) is 36.2 Å². The highest BCUT2D eigenvalue weighted by Gasteiger charge is 2.31. The van der Waals surface area contributed by atoms with Crippen molar-refractivity contribution in [3.05, 3.63) is 69.0 Å². The average molecular weight is 433 g/mol. The van der Waals surface area contributed by atoms with Crippen molar-refractivity contribution in [2.75, 3.05) is 18.6 Å². The zero-order valence-corrected chi connectivity index (χ0v) is 18.1. The van der Waals surface area contributed by atoms with Gasteiger partial charge in [-0.3, -0.25) is 9.59 Å². The number of carbonyl (C=O) groups is 1. The molecule has 4 aromatic rings. The first kappa shape index (κ1) is 19.4. The molecule has 5 rings (SSSR count). The molecule has 156 valence electrons. The number of amides is 1. The Kier molecular flexibility index (Phi) is 4.59. The SMILES string of the molecule is CC(C)COc1ccc(-c2nc3s/c(=C4\C(=O)N(C)c5ccccc54)c(=O)n3n2)cc1. The second-order valence-corrected chi connectivity index (χ2v) is 8.83. The maximum absolute atomic E-state index is 13.1. The number of aromatic nitrogens is 3. The van der Waals surface area contributed by atoms with Crippen LogP contribution in [0.4, 0.5) is 5.69 Å². The van der Waals surface area contributed by atoms with Gasteiger partial charge in [0.25, 0.3) is 11.5 Å². The number of rotatable bonds is 4. The van der Waals surface area contributed by atoms with Crippen LogP contribution in [0.5, 0.6) is 5.75 Å². The molecule has 0 bridgehead atoms. The summed E-state index contributed by atoms with van der Waals surface area (Å²) in [6.07, 6.45) is 0. The highest BCUT2D eigenvalue weighted by atomic mass is 32.1. The van der Waals surface area contributed by atoms with E-state index in [9.17, 15) is 9.59 Å². The lowest BCUT2D eigenvalue weighted by atomic mass is 10.1. The van der Waals surface area contributed by atoms with Crippen molar-refractivity contribution in [2.45, 2.75) is 13.8 Å². The molecular formula is C23H20N4O3S. The number of thiazole rings is 1. The molecule has 0 aliphatic carbocycles. The third-order valence-corrected chi connectivity index (χ3v) is 6.16. The Morgan fingerprint density at radius 2 is 1.81 bits per heavy atom. The second-order valence-electron chi connectivity index (χ2n) is 7.85. The van der Waals surface area contributed by atoms with Gasteiger partial charge in [-0.1, -0.05) is 43.4 Å². The molecule has 1 amide bonds. The Labute approximate surface area is 182 Å². The number of ether oxygens (including phenoxy) is 1. The van der Waals surface area contributed by atoms with E-state index >= 15 is 0 Å². The first-order valence-corrected chi connectivity index (χ1v) is 10.8. The molecule has 0 spiro atoms. The van der Waals surface area contributed by atoms with E-state index < -0.39 is 0 Å². The van der Waals surface area contributed by atoms with E-state index in [4.69, 9.17) is 4.74 Å². The molecule has 0 atom stereocenters. The van der Waals surface area contributed by atoms with Crippen molar-refractivity contribution < 1.29 is 9.53 Å². The van der Waals surface area contributed by atoms with Crippen molar-refractivity contribution >= 4 is 33.5 Å². The number of likely N-dealkylation sites (N-methyl/N-ethyl adjacent to an activating group) is 1. The van der Waals surface area contributed by atoms with Crippen molar-refractivity contribution in [1.29, 1.82) is 0 Å². The normalized spacial score (nSPS) is 15.2. The van der Waals surface area contributed by atoms with Crippen molar-refractivity contribution in [3.63, 3.8) is 0 Å². The second kappa shape index (κ2) is 7.31. The van der Waals surface area contributed by atoms with Crippen LogP contribution in [0.1, 0.15) is 19.4 Å². The zero-order chi connectivity index (χ0) is 21.7. The van der Waals surface area contributed by atoms with Gasteiger partial charge in [0, 0.05) is 18.2 Å². The van der Waals surface area contributed by atoms with Gasteiger partial charge in [-0.25, -0.2) is 0 Å². The van der Waals surface area contributed by atoms with Crippen LogP contribution in [0.25, 0.3) is 21.9 Å². The first-order chi connectivity index (χ1) is 14.9. The van der Waals surface area contributed by atoms with Gasteiger partial charge >= 0.3 is 0 Å². The van der Waals surface area contributed by atoms with Crippen molar-refractivity contribution in [2.24, 2.45) is 5.92 Å². The molecule has 31 heavy (non-hydrogen) atoms. The van der Waals surface area contributed by atoms with Gasteiger partial charge in [-0.15, -0.1) is 5.10 Å². The largest absolute Gasteiger partial charge is 0.493 e. The quantitative estimate of drug-likeness (QED) is 0.496. The number of nitrogens with zero attached hydrogens (tertiary/aromatic N) is 4. The fraction of sp³-hybridized carbons (Fsp3) is 0.217. The monoisotopic (exact) mass is 432 g/mol. The van der Waals surface area contributed by atoms with E-state index in [1.54, 1.807) is 11.9 Å². The Balaban J connectivity index is 1.56. The molecule has 2 aromatic heterocycles. The van der Waals surface area contributed by atoms with E-state index in [0.717, 1.165) is 22.6 Å². The van der Waals surface area contributed by atoms with Crippen molar-refractivity contribution in [1.82, 2.24) is 14.6 Å². The molecule has 0 radical (unpaired) electrons. The minimum absolute atomic E-state index is 0.194. The van der Waals surface area contributed by atoms with Crippen LogP contribution < -0.4 is 19.7 Å². The molecular weight excluding hydrogens is 412 g/mol.